The molecule has 0 saturated heterocycles. The van der Waals surface area contributed by atoms with E-state index in [1.165, 1.54) is 58.6 Å². The first kappa shape index (κ1) is 13.6. The lowest BCUT2D eigenvalue weighted by atomic mass is 9.53. The van der Waals surface area contributed by atoms with Gasteiger partial charge in [0.15, 0.2) is 0 Å². The first-order chi connectivity index (χ1) is 9.06. The van der Waals surface area contributed by atoms with E-state index in [-0.39, 0.29) is 5.54 Å². The van der Waals surface area contributed by atoms with Crippen LogP contribution in [0.25, 0.3) is 0 Å². The van der Waals surface area contributed by atoms with Crippen molar-refractivity contribution in [2.75, 3.05) is 14.2 Å². The Hall–Kier alpha value is -0.400. The lowest BCUT2D eigenvalue weighted by Crippen LogP contribution is -2.49. The average Bonchev–Trinajstić information content (AvgIpc) is 2.36. The van der Waals surface area contributed by atoms with E-state index in [1.807, 2.05) is 0 Å². The SMILES string of the molecule is COP(=O)(C=C=NC12CC3CC(CC(C3)C1)C2)OC. The number of hydrogen-bond acceptors (Lipinski definition) is 4. The molecule has 0 N–H and O–H groups in total. The van der Waals surface area contributed by atoms with Gasteiger partial charge in [-0.05, 0) is 62.1 Å². The highest BCUT2D eigenvalue weighted by molar-refractivity contribution is 7.57. The van der Waals surface area contributed by atoms with E-state index >= 15 is 0 Å². The van der Waals surface area contributed by atoms with Gasteiger partial charge in [-0.25, -0.2) is 4.99 Å². The van der Waals surface area contributed by atoms with Crippen LogP contribution in [0.5, 0.6) is 0 Å². The summed E-state index contributed by atoms with van der Waals surface area (Å²) in [4.78, 5) is 4.66. The zero-order valence-corrected chi connectivity index (χ0v) is 12.6. The molecule has 4 fully saturated rings. The first-order valence-corrected chi connectivity index (χ1v) is 8.71. The van der Waals surface area contributed by atoms with Gasteiger partial charge in [-0.2, -0.15) is 0 Å². The average molecular weight is 283 g/mol. The van der Waals surface area contributed by atoms with Crippen molar-refractivity contribution in [2.45, 2.75) is 44.1 Å². The summed E-state index contributed by atoms with van der Waals surface area (Å²) >= 11 is 0. The van der Waals surface area contributed by atoms with Crippen LogP contribution in [0.4, 0.5) is 0 Å². The van der Waals surface area contributed by atoms with Gasteiger partial charge in [0.1, 0.15) is 0 Å². The van der Waals surface area contributed by atoms with Crippen LogP contribution in [0.2, 0.25) is 0 Å². The maximum Gasteiger partial charge on any atom is 0.362 e. The largest absolute Gasteiger partial charge is 0.362 e. The molecule has 4 nitrogen and oxygen atoms in total. The Bertz CT molecular complexity index is 424. The second kappa shape index (κ2) is 4.86. The molecule has 4 aliphatic rings. The Balaban J connectivity index is 1.79. The molecule has 5 heteroatoms. The van der Waals surface area contributed by atoms with E-state index < -0.39 is 7.60 Å². The molecule has 0 aromatic carbocycles. The molecule has 0 aliphatic heterocycles. The summed E-state index contributed by atoms with van der Waals surface area (Å²) in [5, 5.41) is 0. The summed E-state index contributed by atoms with van der Waals surface area (Å²) in [6, 6.07) is 0. The fraction of sp³-hybridized carbons (Fsp3) is 0.857. The zero-order valence-electron chi connectivity index (χ0n) is 11.7. The highest BCUT2D eigenvalue weighted by Gasteiger charge is 2.50. The molecule has 106 valence electrons. The highest BCUT2D eigenvalue weighted by atomic mass is 31.2. The van der Waals surface area contributed by atoms with Crippen LogP contribution in [0.15, 0.2) is 10.8 Å². The molecular weight excluding hydrogens is 261 g/mol. The lowest BCUT2D eigenvalue weighted by Gasteiger charge is -2.54. The van der Waals surface area contributed by atoms with E-state index in [9.17, 15) is 4.57 Å². The standard InChI is InChI=1S/C14H22NO3P/c1-17-19(16,18-2)4-3-15-14-8-11-5-12(9-14)7-13(6-11)10-14/h4,11-13H,5-10H2,1-2H3. The van der Waals surface area contributed by atoms with Crippen molar-refractivity contribution in [1.82, 2.24) is 0 Å². The van der Waals surface area contributed by atoms with Crippen LogP contribution in [-0.2, 0) is 13.6 Å². The first-order valence-electron chi connectivity index (χ1n) is 7.09. The molecule has 0 spiro atoms. The zero-order chi connectivity index (χ0) is 13.5. The van der Waals surface area contributed by atoms with Gasteiger partial charge in [-0.1, -0.05) is 0 Å². The summed E-state index contributed by atoms with van der Waals surface area (Å²) < 4.78 is 21.6. The molecule has 4 rings (SSSR count). The summed E-state index contributed by atoms with van der Waals surface area (Å²) in [5.74, 6) is 6.80. The third kappa shape index (κ3) is 2.60. The van der Waals surface area contributed by atoms with Crippen LogP contribution in [0.3, 0.4) is 0 Å². The third-order valence-corrected chi connectivity index (χ3v) is 6.48. The highest BCUT2D eigenvalue weighted by Crippen LogP contribution is 2.57. The second-order valence-corrected chi connectivity index (χ2v) is 8.49. The molecule has 0 aromatic heterocycles. The van der Waals surface area contributed by atoms with Gasteiger partial charge in [0.25, 0.3) is 0 Å². The summed E-state index contributed by atoms with van der Waals surface area (Å²) in [6.45, 7) is 0. The topological polar surface area (TPSA) is 47.9 Å². The molecule has 0 heterocycles. The van der Waals surface area contributed by atoms with Crippen LogP contribution in [-0.4, -0.2) is 25.6 Å². The molecule has 4 saturated carbocycles. The van der Waals surface area contributed by atoms with Gasteiger partial charge in [-0.3, -0.25) is 4.57 Å². The normalized spacial score (nSPS) is 40.0. The van der Waals surface area contributed by atoms with E-state index in [2.05, 4.69) is 10.9 Å². The maximum atomic E-state index is 11.9. The van der Waals surface area contributed by atoms with Crippen LogP contribution < -0.4 is 0 Å². The number of aliphatic imine (C=N–C) groups is 1. The van der Waals surface area contributed by atoms with Crippen molar-refractivity contribution >= 4 is 13.5 Å². The van der Waals surface area contributed by atoms with E-state index in [0.717, 1.165) is 17.8 Å². The monoisotopic (exact) mass is 283 g/mol. The minimum absolute atomic E-state index is 0.0670. The van der Waals surface area contributed by atoms with Crippen molar-refractivity contribution < 1.29 is 13.6 Å². The lowest BCUT2D eigenvalue weighted by molar-refractivity contribution is 0.00205. The minimum Gasteiger partial charge on any atom is -0.309 e. The fourth-order valence-electron chi connectivity index (χ4n) is 4.62. The fourth-order valence-corrected chi connectivity index (χ4v) is 5.18. The maximum absolute atomic E-state index is 11.9. The molecule has 19 heavy (non-hydrogen) atoms. The van der Waals surface area contributed by atoms with Crippen molar-refractivity contribution in [3.8, 4) is 0 Å². The Kier molecular flexibility index (Phi) is 3.47. The molecule has 0 atom stereocenters. The van der Waals surface area contributed by atoms with Crippen LogP contribution in [0, 0.1) is 17.8 Å². The Morgan fingerprint density at radius 3 is 2.00 bits per heavy atom. The molecule has 4 aliphatic carbocycles. The Morgan fingerprint density at radius 2 is 1.58 bits per heavy atom. The van der Waals surface area contributed by atoms with Crippen LogP contribution >= 0.6 is 7.60 Å². The summed E-state index contributed by atoms with van der Waals surface area (Å²) in [5.41, 5.74) is 0.0670. The van der Waals surface area contributed by atoms with Crippen molar-refractivity contribution in [2.24, 2.45) is 22.7 Å². The molecule has 0 amide bonds. The second-order valence-electron chi connectivity index (χ2n) is 6.42. The summed E-state index contributed by atoms with van der Waals surface area (Å²) in [7, 11) is -0.356. The van der Waals surface area contributed by atoms with Gasteiger partial charge in [0, 0.05) is 14.2 Å². The Labute approximate surface area is 114 Å². The third-order valence-electron chi connectivity index (χ3n) is 5.03. The number of nitrogens with zero attached hydrogens (tertiary/aromatic N) is 1. The van der Waals surface area contributed by atoms with Gasteiger partial charge in [0.05, 0.1) is 11.4 Å². The smallest absolute Gasteiger partial charge is 0.309 e. The van der Waals surface area contributed by atoms with E-state index in [4.69, 9.17) is 9.05 Å². The van der Waals surface area contributed by atoms with Gasteiger partial charge in [-0.15, -0.1) is 0 Å². The minimum atomic E-state index is -3.12. The Morgan fingerprint density at radius 1 is 1.11 bits per heavy atom. The van der Waals surface area contributed by atoms with Crippen molar-refractivity contribution in [1.29, 1.82) is 0 Å². The summed E-state index contributed by atoms with van der Waals surface area (Å²) in [6.07, 6.45) is 7.74. The predicted molar refractivity (Wildman–Crippen MR) is 74.5 cm³/mol. The molecule has 0 radical (unpaired) electrons. The van der Waals surface area contributed by atoms with Gasteiger partial charge in [0.2, 0.25) is 0 Å². The predicted octanol–water partition coefficient (Wildman–Crippen LogP) is 3.62. The molecule has 0 unspecified atom stereocenters. The quantitative estimate of drug-likeness (QED) is 0.584. The van der Waals surface area contributed by atoms with Crippen LogP contribution in [0.1, 0.15) is 38.5 Å². The van der Waals surface area contributed by atoms with Gasteiger partial charge >= 0.3 is 7.60 Å². The molecular formula is C14H22NO3P. The van der Waals surface area contributed by atoms with Crippen molar-refractivity contribution in [3.05, 3.63) is 5.82 Å². The van der Waals surface area contributed by atoms with E-state index in [1.54, 1.807) is 0 Å². The number of rotatable bonds is 4. The molecule has 4 bridgehead atoms. The van der Waals surface area contributed by atoms with Crippen molar-refractivity contribution in [3.63, 3.8) is 0 Å². The molecule has 0 aromatic rings. The van der Waals surface area contributed by atoms with E-state index in [0.29, 0.717) is 0 Å². The number of hydrogen-bond donors (Lipinski definition) is 0. The van der Waals surface area contributed by atoms with Gasteiger partial charge < -0.3 is 9.05 Å².